The highest BCUT2D eigenvalue weighted by Gasteiger charge is 2.07. The molecule has 0 aliphatic heterocycles. The normalized spacial score (nSPS) is 9.71. The molecule has 0 saturated heterocycles. The first kappa shape index (κ1) is 13.0. The summed E-state index contributed by atoms with van der Waals surface area (Å²) in [6.45, 7) is 2.76. The molecule has 1 rings (SSSR count). The summed E-state index contributed by atoms with van der Waals surface area (Å²) in [5, 5.41) is 5.62. The van der Waals surface area contributed by atoms with Crippen LogP contribution in [0.5, 0.6) is 0 Å². The lowest BCUT2D eigenvalue weighted by Gasteiger charge is -2.09. The highest BCUT2D eigenvalue weighted by Crippen LogP contribution is 2.13. The predicted molar refractivity (Wildman–Crippen MR) is 66.8 cm³/mol. The van der Waals surface area contributed by atoms with E-state index in [4.69, 9.17) is 5.73 Å². The van der Waals surface area contributed by atoms with Crippen LogP contribution in [0.4, 0.5) is 5.69 Å². The Morgan fingerprint density at radius 1 is 1.29 bits per heavy atom. The van der Waals surface area contributed by atoms with Crippen LogP contribution < -0.4 is 16.4 Å². The van der Waals surface area contributed by atoms with Gasteiger partial charge in [-0.25, -0.2) is 0 Å². The van der Waals surface area contributed by atoms with Crippen LogP contribution in [0, 0.1) is 0 Å². The minimum Gasteiger partial charge on any atom is -0.376 e. The number of nitrogens with one attached hydrogen (secondary N) is 2. The molecule has 0 unspecified atom stereocenters. The molecule has 0 bridgehead atoms. The molecule has 4 N–H and O–H groups in total. The van der Waals surface area contributed by atoms with Gasteiger partial charge in [0, 0.05) is 12.2 Å². The fraction of sp³-hybridized carbons (Fsp3) is 0.333. The molecule has 0 spiro atoms. The lowest BCUT2D eigenvalue weighted by molar-refractivity contribution is -0.119. The van der Waals surface area contributed by atoms with Crippen molar-refractivity contribution < 1.29 is 9.59 Å². The number of carbonyl (C=O) groups excluding carboxylic acids is 2. The molecule has 1 aromatic carbocycles. The molecule has 0 aliphatic rings. The number of carbonyl (C=O) groups is 2. The maximum absolute atomic E-state index is 11.4. The van der Waals surface area contributed by atoms with E-state index in [9.17, 15) is 9.59 Å². The summed E-state index contributed by atoms with van der Waals surface area (Å²) in [6, 6.07) is 6.84. The Balaban J connectivity index is 2.57. The zero-order valence-electron chi connectivity index (χ0n) is 9.82. The van der Waals surface area contributed by atoms with Crippen LogP contribution in [-0.4, -0.2) is 24.9 Å². The summed E-state index contributed by atoms with van der Waals surface area (Å²) in [6.07, 6.45) is 0.892. The average Bonchev–Trinajstić information content (AvgIpc) is 2.34. The van der Waals surface area contributed by atoms with Crippen molar-refractivity contribution in [3.8, 4) is 0 Å². The average molecular weight is 235 g/mol. The summed E-state index contributed by atoms with van der Waals surface area (Å²) in [7, 11) is 0. The fourth-order valence-corrected chi connectivity index (χ4v) is 1.35. The number of para-hydroxylation sites is 1. The minimum absolute atomic E-state index is 0.105. The van der Waals surface area contributed by atoms with Crippen LogP contribution in [0.2, 0.25) is 0 Å². The van der Waals surface area contributed by atoms with E-state index in [1.807, 2.05) is 6.92 Å². The molecule has 0 radical (unpaired) electrons. The molecule has 0 atom stereocenters. The number of nitrogens with two attached hydrogens (primary N) is 1. The van der Waals surface area contributed by atoms with E-state index in [1.54, 1.807) is 24.3 Å². The van der Waals surface area contributed by atoms with Gasteiger partial charge in [0.25, 0.3) is 5.91 Å². The summed E-state index contributed by atoms with van der Waals surface area (Å²) in [4.78, 5) is 22.5. The standard InChI is InChI=1S/C12H17N3O2/c1-2-7-14-11(16)8-15-10-6-4-3-5-9(10)12(13)17/h3-6,15H,2,7-8H2,1H3,(H2,13,17)(H,14,16). The van der Waals surface area contributed by atoms with Gasteiger partial charge < -0.3 is 16.4 Å². The number of primary amides is 1. The number of amides is 2. The molecular weight excluding hydrogens is 218 g/mol. The topological polar surface area (TPSA) is 84.2 Å². The van der Waals surface area contributed by atoms with Crippen molar-refractivity contribution in [1.29, 1.82) is 0 Å². The maximum atomic E-state index is 11.4. The van der Waals surface area contributed by atoms with Gasteiger partial charge in [-0.1, -0.05) is 19.1 Å². The third kappa shape index (κ3) is 4.14. The second-order valence-corrected chi connectivity index (χ2v) is 3.61. The van der Waals surface area contributed by atoms with Crippen molar-refractivity contribution in [2.45, 2.75) is 13.3 Å². The minimum atomic E-state index is -0.512. The summed E-state index contributed by atoms with van der Waals surface area (Å²) >= 11 is 0. The Labute approximate surface area is 100 Å². The fourth-order valence-electron chi connectivity index (χ4n) is 1.35. The van der Waals surface area contributed by atoms with Crippen LogP contribution in [0.1, 0.15) is 23.7 Å². The molecule has 0 saturated carbocycles. The number of hydrogen-bond acceptors (Lipinski definition) is 3. The molecule has 2 amide bonds. The Hall–Kier alpha value is -2.04. The summed E-state index contributed by atoms with van der Waals surface area (Å²) in [5.41, 5.74) is 6.18. The van der Waals surface area contributed by atoms with Crippen molar-refractivity contribution in [3.05, 3.63) is 29.8 Å². The SMILES string of the molecule is CCCNC(=O)CNc1ccccc1C(N)=O. The van der Waals surface area contributed by atoms with Crippen molar-refractivity contribution in [2.75, 3.05) is 18.4 Å². The lowest BCUT2D eigenvalue weighted by Crippen LogP contribution is -2.30. The van der Waals surface area contributed by atoms with E-state index < -0.39 is 5.91 Å². The largest absolute Gasteiger partial charge is 0.376 e. The smallest absolute Gasteiger partial charge is 0.250 e. The van der Waals surface area contributed by atoms with Crippen molar-refractivity contribution in [2.24, 2.45) is 5.73 Å². The molecule has 17 heavy (non-hydrogen) atoms. The van der Waals surface area contributed by atoms with Crippen LogP contribution in [0.25, 0.3) is 0 Å². The van der Waals surface area contributed by atoms with Gasteiger partial charge in [-0.15, -0.1) is 0 Å². The van der Waals surface area contributed by atoms with Gasteiger partial charge in [0.15, 0.2) is 0 Å². The van der Waals surface area contributed by atoms with Gasteiger partial charge in [-0.05, 0) is 18.6 Å². The maximum Gasteiger partial charge on any atom is 0.250 e. The number of anilines is 1. The van der Waals surface area contributed by atoms with E-state index in [2.05, 4.69) is 10.6 Å². The molecule has 1 aromatic rings. The molecule has 0 aromatic heterocycles. The van der Waals surface area contributed by atoms with Gasteiger partial charge >= 0.3 is 0 Å². The van der Waals surface area contributed by atoms with Gasteiger partial charge in [0.05, 0.1) is 12.1 Å². The molecule has 5 heteroatoms. The van der Waals surface area contributed by atoms with E-state index in [1.165, 1.54) is 0 Å². The van der Waals surface area contributed by atoms with Crippen LogP contribution in [-0.2, 0) is 4.79 Å². The van der Waals surface area contributed by atoms with Crippen LogP contribution >= 0.6 is 0 Å². The first-order chi connectivity index (χ1) is 8.15. The quantitative estimate of drug-likeness (QED) is 0.679. The molecule has 92 valence electrons. The van der Waals surface area contributed by atoms with Gasteiger partial charge in [-0.2, -0.15) is 0 Å². The van der Waals surface area contributed by atoms with Crippen molar-refractivity contribution >= 4 is 17.5 Å². The third-order valence-corrected chi connectivity index (χ3v) is 2.20. The molecule has 5 nitrogen and oxygen atoms in total. The number of hydrogen-bond donors (Lipinski definition) is 3. The van der Waals surface area contributed by atoms with E-state index in [0.717, 1.165) is 6.42 Å². The monoisotopic (exact) mass is 235 g/mol. The third-order valence-electron chi connectivity index (χ3n) is 2.20. The predicted octanol–water partition coefficient (Wildman–Crippen LogP) is 0.724. The summed E-state index contributed by atoms with van der Waals surface area (Å²) < 4.78 is 0. The van der Waals surface area contributed by atoms with Gasteiger partial charge in [0.1, 0.15) is 0 Å². The zero-order valence-corrected chi connectivity index (χ0v) is 9.82. The first-order valence-corrected chi connectivity index (χ1v) is 5.54. The Morgan fingerprint density at radius 3 is 2.65 bits per heavy atom. The van der Waals surface area contributed by atoms with Crippen molar-refractivity contribution in [1.82, 2.24) is 5.32 Å². The van der Waals surface area contributed by atoms with E-state index in [-0.39, 0.29) is 12.5 Å². The van der Waals surface area contributed by atoms with Gasteiger partial charge in [-0.3, -0.25) is 9.59 Å². The van der Waals surface area contributed by atoms with Crippen LogP contribution in [0.3, 0.4) is 0 Å². The highest BCUT2D eigenvalue weighted by atomic mass is 16.2. The van der Waals surface area contributed by atoms with E-state index in [0.29, 0.717) is 17.8 Å². The zero-order chi connectivity index (χ0) is 12.7. The molecule has 0 heterocycles. The molecule has 0 aliphatic carbocycles. The van der Waals surface area contributed by atoms with E-state index >= 15 is 0 Å². The van der Waals surface area contributed by atoms with Gasteiger partial charge in [0.2, 0.25) is 5.91 Å². The Kier molecular flexibility index (Phi) is 5.00. The Morgan fingerprint density at radius 2 is 2.00 bits per heavy atom. The number of rotatable bonds is 6. The highest BCUT2D eigenvalue weighted by molar-refractivity contribution is 5.98. The molecule has 0 fully saturated rings. The van der Waals surface area contributed by atoms with Crippen LogP contribution in [0.15, 0.2) is 24.3 Å². The number of benzene rings is 1. The second kappa shape index (κ2) is 6.52. The Bertz CT molecular complexity index is 404. The summed E-state index contributed by atoms with van der Waals surface area (Å²) in [5.74, 6) is -0.617. The lowest BCUT2D eigenvalue weighted by atomic mass is 10.1. The molecular formula is C12H17N3O2. The van der Waals surface area contributed by atoms with Crippen molar-refractivity contribution in [3.63, 3.8) is 0 Å². The first-order valence-electron chi connectivity index (χ1n) is 5.54. The second-order valence-electron chi connectivity index (χ2n) is 3.61.